The summed E-state index contributed by atoms with van der Waals surface area (Å²) in [5.41, 5.74) is 1.36. The Morgan fingerprint density at radius 3 is 2.58 bits per heavy atom. The van der Waals surface area contributed by atoms with E-state index in [0.717, 1.165) is 0 Å². The van der Waals surface area contributed by atoms with E-state index in [1.165, 1.54) is 23.1 Å². The third-order valence-electron chi connectivity index (χ3n) is 4.34. The van der Waals surface area contributed by atoms with Crippen molar-refractivity contribution < 1.29 is 13.2 Å². The number of hydrogen-bond donors (Lipinski definition) is 1. The molecule has 132 valence electrons. The van der Waals surface area contributed by atoms with Crippen LogP contribution in [0.3, 0.4) is 0 Å². The van der Waals surface area contributed by atoms with Gasteiger partial charge in [-0.1, -0.05) is 35.3 Å². The van der Waals surface area contributed by atoms with Crippen LogP contribution in [0.2, 0.25) is 10.0 Å². The Labute approximate surface area is 160 Å². The Morgan fingerprint density at radius 1 is 1.04 bits per heavy atom. The molecular weight excluding hydrogens is 395 g/mol. The molecule has 0 aliphatic carbocycles. The Balaban J connectivity index is 1.90. The van der Waals surface area contributed by atoms with E-state index in [4.69, 9.17) is 23.2 Å². The van der Waals surface area contributed by atoms with Gasteiger partial charge >= 0.3 is 0 Å². The zero-order valence-electron chi connectivity index (χ0n) is 13.5. The first-order chi connectivity index (χ1) is 12.3. The molecule has 1 N–H and O–H groups in total. The first kappa shape index (κ1) is 17.1. The fourth-order valence-corrected chi connectivity index (χ4v) is 4.79. The third-order valence-corrected chi connectivity index (χ3v) is 6.33. The summed E-state index contributed by atoms with van der Waals surface area (Å²) in [6, 6.07) is 12.7. The Bertz CT molecular complexity index is 1190. The summed E-state index contributed by atoms with van der Waals surface area (Å²) in [4.78, 5) is 13.9. The number of halogens is 2. The zero-order chi connectivity index (χ0) is 18.6. The number of nitrogens with one attached hydrogen (secondary N) is 1. The maximum absolute atomic E-state index is 13.0. The van der Waals surface area contributed by atoms with Crippen molar-refractivity contribution in [2.24, 2.45) is 0 Å². The van der Waals surface area contributed by atoms with E-state index in [2.05, 4.69) is 4.72 Å². The Morgan fingerprint density at radius 2 is 1.81 bits per heavy atom. The number of amides is 1. The summed E-state index contributed by atoms with van der Waals surface area (Å²) in [5, 5.41) is 1.70. The molecule has 0 spiro atoms. The van der Waals surface area contributed by atoms with Gasteiger partial charge in [0.1, 0.15) is 0 Å². The van der Waals surface area contributed by atoms with Crippen molar-refractivity contribution in [3.05, 3.63) is 64.1 Å². The van der Waals surface area contributed by atoms with E-state index in [9.17, 15) is 13.2 Å². The smallest absolute Gasteiger partial charge is 0.262 e. The lowest BCUT2D eigenvalue weighted by atomic mass is 10.1. The second kappa shape index (κ2) is 5.87. The van der Waals surface area contributed by atoms with Crippen LogP contribution in [0.1, 0.15) is 10.4 Å². The lowest BCUT2D eigenvalue weighted by Gasteiger charge is -2.14. The molecule has 3 aromatic carbocycles. The van der Waals surface area contributed by atoms with Gasteiger partial charge in [0.2, 0.25) is 0 Å². The number of carbonyl (C=O) groups excluding carboxylic acids is 1. The van der Waals surface area contributed by atoms with Gasteiger partial charge in [-0.25, -0.2) is 8.42 Å². The predicted octanol–water partition coefficient (Wildman–Crippen LogP) is 4.54. The first-order valence-corrected chi connectivity index (χ1v) is 9.85. The van der Waals surface area contributed by atoms with Crippen molar-refractivity contribution >= 4 is 61.3 Å². The molecule has 26 heavy (non-hydrogen) atoms. The van der Waals surface area contributed by atoms with Crippen molar-refractivity contribution in [1.82, 2.24) is 0 Å². The van der Waals surface area contributed by atoms with Crippen LogP contribution in [0.25, 0.3) is 10.8 Å². The van der Waals surface area contributed by atoms with Gasteiger partial charge in [0.05, 0.1) is 21.3 Å². The molecule has 0 bridgehead atoms. The predicted molar refractivity (Wildman–Crippen MR) is 104 cm³/mol. The molecule has 0 fully saturated rings. The highest BCUT2D eigenvalue weighted by molar-refractivity contribution is 7.93. The minimum Gasteiger partial charge on any atom is -0.311 e. The highest BCUT2D eigenvalue weighted by Crippen LogP contribution is 2.40. The van der Waals surface area contributed by atoms with E-state index < -0.39 is 10.0 Å². The van der Waals surface area contributed by atoms with Gasteiger partial charge in [-0.3, -0.25) is 9.52 Å². The highest BCUT2D eigenvalue weighted by Gasteiger charge is 2.30. The SMILES string of the molecule is CN1C(=O)c2cccc3c(S(=O)(=O)Nc4cc(Cl)ccc4Cl)ccc1c23. The van der Waals surface area contributed by atoms with Crippen molar-refractivity contribution in [2.45, 2.75) is 4.90 Å². The van der Waals surface area contributed by atoms with Crippen LogP contribution >= 0.6 is 23.2 Å². The maximum Gasteiger partial charge on any atom is 0.262 e. The molecule has 0 aromatic heterocycles. The Hall–Kier alpha value is -2.28. The largest absolute Gasteiger partial charge is 0.311 e. The standard InChI is InChI=1S/C18H12Cl2N2O3S/c1-22-15-7-8-16(11-3-2-4-12(17(11)15)18(22)23)26(24,25)21-14-9-10(19)5-6-13(14)20/h2-9,21H,1H3. The van der Waals surface area contributed by atoms with E-state index in [1.807, 2.05) is 0 Å². The molecule has 5 nitrogen and oxygen atoms in total. The summed E-state index contributed by atoms with van der Waals surface area (Å²) in [5.74, 6) is -0.161. The molecular formula is C18H12Cl2N2O3S. The van der Waals surface area contributed by atoms with Crippen molar-refractivity contribution in [2.75, 3.05) is 16.7 Å². The summed E-state index contributed by atoms with van der Waals surface area (Å²) in [6.07, 6.45) is 0. The van der Waals surface area contributed by atoms with Gasteiger partial charge in [0.15, 0.2) is 0 Å². The monoisotopic (exact) mass is 406 g/mol. The molecule has 0 saturated carbocycles. The molecule has 1 aliphatic rings. The normalized spacial score (nSPS) is 13.5. The van der Waals surface area contributed by atoms with Gasteiger partial charge in [-0.15, -0.1) is 0 Å². The number of hydrogen-bond acceptors (Lipinski definition) is 3. The van der Waals surface area contributed by atoms with Crippen molar-refractivity contribution in [1.29, 1.82) is 0 Å². The summed E-state index contributed by atoms with van der Waals surface area (Å²) < 4.78 is 28.4. The lowest BCUT2D eigenvalue weighted by molar-refractivity contribution is 0.0999. The van der Waals surface area contributed by atoms with Crippen LogP contribution in [0.15, 0.2) is 53.4 Å². The number of benzene rings is 3. The van der Waals surface area contributed by atoms with E-state index >= 15 is 0 Å². The quantitative estimate of drug-likeness (QED) is 0.694. The molecule has 8 heteroatoms. The lowest BCUT2D eigenvalue weighted by Crippen LogP contribution is -2.20. The average molecular weight is 407 g/mol. The molecule has 1 heterocycles. The number of rotatable bonds is 3. The molecule has 0 saturated heterocycles. The number of sulfonamides is 1. The van der Waals surface area contributed by atoms with Crippen molar-refractivity contribution in [3.63, 3.8) is 0 Å². The minimum atomic E-state index is -3.94. The maximum atomic E-state index is 13.0. The van der Waals surface area contributed by atoms with Gasteiger partial charge in [0.25, 0.3) is 15.9 Å². The van der Waals surface area contributed by atoms with E-state index in [0.29, 0.717) is 27.0 Å². The van der Waals surface area contributed by atoms with Crippen LogP contribution in [-0.4, -0.2) is 21.4 Å². The molecule has 0 radical (unpaired) electrons. The number of carbonyl (C=O) groups is 1. The van der Waals surface area contributed by atoms with Crippen LogP contribution in [-0.2, 0) is 10.0 Å². The average Bonchev–Trinajstić information content (AvgIpc) is 2.85. The first-order valence-electron chi connectivity index (χ1n) is 7.61. The second-order valence-electron chi connectivity index (χ2n) is 5.90. The number of nitrogens with zero attached hydrogens (tertiary/aromatic N) is 1. The molecule has 4 rings (SSSR count). The molecule has 3 aromatic rings. The van der Waals surface area contributed by atoms with Gasteiger partial charge in [-0.05, 0) is 36.4 Å². The second-order valence-corrected chi connectivity index (χ2v) is 8.40. The number of anilines is 2. The molecule has 0 atom stereocenters. The van der Waals surface area contributed by atoms with E-state index in [1.54, 1.807) is 37.4 Å². The zero-order valence-corrected chi connectivity index (χ0v) is 15.8. The van der Waals surface area contributed by atoms with Crippen LogP contribution in [0.4, 0.5) is 11.4 Å². The topological polar surface area (TPSA) is 66.5 Å². The minimum absolute atomic E-state index is 0.0669. The van der Waals surface area contributed by atoms with Crippen molar-refractivity contribution in [3.8, 4) is 0 Å². The fourth-order valence-electron chi connectivity index (χ4n) is 3.12. The van der Waals surface area contributed by atoms with E-state index in [-0.39, 0.29) is 21.5 Å². The summed E-state index contributed by atoms with van der Waals surface area (Å²) >= 11 is 12.0. The van der Waals surface area contributed by atoms with Crippen LogP contribution in [0.5, 0.6) is 0 Å². The highest BCUT2D eigenvalue weighted by atomic mass is 35.5. The fraction of sp³-hybridized carbons (Fsp3) is 0.0556. The molecule has 1 amide bonds. The van der Waals surface area contributed by atoms with Gasteiger partial charge in [0, 0.05) is 28.4 Å². The summed E-state index contributed by atoms with van der Waals surface area (Å²) in [7, 11) is -2.28. The van der Waals surface area contributed by atoms with Gasteiger partial charge < -0.3 is 4.90 Å². The third kappa shape index (κ3) is 2.53. The van der Waals surface area contributed by atoms with Gasteiger partial charge in [-0.2, -0.15) is 0 Å². The summed E-state index contributed by atoms with van der Waals surface area (Å²) in [6.45, 7) is 0. The van der Waals surface area contributed by atoms with Crippen LogP contribution in [0, 0.1) is 0 Å². The Kier molecular flexibility index (Phi) is 3.87. The molecule has 1 aliphatic heterocycles. The van der Waals surface area contributed by atoms with Crippen LogP contribution < -0.4 is 9.62 Å². The molecule has 0 unspecified atom stereocenters.